The van der Waals surface area contributed by atoms with Gasteiger partial charge in [-0.05, 0) is 68.4 Å². The first-order valence-electron chi connectivity index (χ1n) is 12.0. The van der Waals surface area contributed by atoms with Crippen molar-refractivity contribution >= 4 is 45.1 Å². The van der Waals surface area contributed by atoms with Crippen molar-refractivity contribution in [3.63, 3.8) is 0 Å². The van der Waals surface area contributed by atoms with Gasteiger partial charge in [0.1, 0.15) is 18.3 Å². The number of carbonyl (C=O) groups excluding carboxylic acids is 4. The Balaban J connectivity index is 1.38. The molecule has 4 aliphatic rings. The van der Waals surface area contributed by atoms with Crippen LogP contribution in [0.5, 0.6) is 0 Å². The van der Waals surface area contributed by atoms with Crippen molar-refractivity contribution in [1.29, 1.82) is 0 Å². The van der Waals surface area contributed by atoms with Crippen LogP contribution in [0, 0.1) is 18.8 Å². The number of aliphatic hydroxyl groups excluding tert-OH is 1. The molecule has 2 aromatic heterocycles. The van der Waals surface area contributed by atoms with Crippen LogP contribution in [0.1, 0.15) is 54.6 Å². The van der Waals surface area contributed by atoms with Crippen LogP contribution in [0.4, 0.5) is 0 Å². The highest BCUT2D eigenvalue weighted by molar-refractivity contribution is 7.17. The molecule has 1 aliphatic carbocycles. The fourth-order valence-electron chi connectivity index (χ4n) is 5.86. The first kappa shape index (κ1) is 23.0. The molecule has 9 nitrogen and oxygen atoms in total. The van der Waals surface area contributed by atoms with E-state index in [1.165, 1.54) is 0 Å². The lowest BCUT2D eigenvalue weighted by atomic mass is 9.74. The maximum Gasteiger partial charge on any atom is 0.271 e. The van der Waals surface area contributed by atoms with Crippen LogP contribution in [-0.2, 0) is 14.4 Å². The number of fused-ring (bicyclic) bond motifs is 4. The van der Waals surface area contributed by atoms with Crippen LogP contribution >= 0.6 is 11.3 Å². The van der Waals surface area contributed by atoms with Crippen molar-refractivity contribution < 1.29 is 24.3 Å². The zero-order chi connectivity index (χ0) is 24.0. The Kier molecular flexibility index (Phi) is 6.20. The molecular formula is C24H30N4O5S. The van der Waals surface area contributed by atoms with Gasteiger partial charge in [-0.25, -0.2) is 0 Å². The molecule has 0 aromatic carbocycles. The fraction of sp³-hybridized carbons (Fsp3) is 0.583. The SMILES string of the molecule is Cc1csc2cc(C(=O)N3C4CCC(CC4)[C@H]3C(=O)N[C@H](C[C@H]3CCNC3=O)C(=O)CO)[nH]c12. The molecule has 10 heteroatoms. The molecule has 4 fully saturated rings. The molecule has 2 bridgehead atoms. The summed E-state index contributed by atoms with van der Waals surface area (Å²) in [5.74, 6) is -1.59. The number of hydrogen-bond acceptors (Lipinski definition) is 6. The van der Waals surface area contributed by atoms with Gasteiger partial charge in [0.05, 0.1) is 16.3 Å². The lowest BCUT2D eigenvalue weighted by Crippen LogP contribution is -2.64. The van der Waals surface area contributed by atoms with Gasteiger partial charge in [0.25, 0.3) is 5.91 Å². The molecule has 4 N–H and O–H groups in total. The first-order valence-corrected chi connectivity index (χ1v) is 12.9. The number of Topliss-reactive ketones (excluding diaryl/α,β-unsaturated/α-hetero) is 1. The topological polar surface area (TPSA) is 132 Å². The van der Waals surface area contributed by atoms with Crippen LogP contribution in [0.15, 0.2) is 11.4 Å². The maximum atomic E-state index is 13.6. The molecule has 3 atom stereocenters. The summed E-state index contributed by atoms with van der Waals surface area (Å²) >= 11 is 1.58. The number of H-pyrrole nitrogens is 1. The monoisotopic (exact) mass is 486 g/mol. The van der Waals surface area contributed by atoms with Crippen molar-refractivity contribution in [3.05, 3.63) is 22.7 Å². The van der Waals surface area contributed by atoms with Gasteiger partial charge in [0.15, 0.2) is 5.78 Å². The number of hydrogen-bond donors (Lipinski definition) is 4. The molecule has 3 amide bonds. The van der Waals surface area contributed by atoms with E-state index in [0.29, 0.717) is 18.7 Å². The highest BCUT2D eigenvalue weighted by Gasteiger charge is 2.48. The third-order valence-corrected chi connectivity index (χ3v) is 8.74. The van der Waals surface area contributed by atoms with E-state index in [4.69, 9.17) is 0 Å². The fourth-order valence-corrected chi connectivity index (χ4v) is 6.80. The summed E-state index contributed by atoms with van der Waals surface area (Å²) in [6, 6.07) is 0.197. The van der Waals surface area contributed by atoms with Gasteiger partial charge in [-0.1, -0.05) is 0 Å². The number of rotatable bonds is 7. The summed E-state index contributed by atoms with van der Waals surface area (Å²) in [4.78, 5) is 56.6. The minimum Gasteiger partial charge on any atom is -0.389 e. The molecule has 6 rings (SSSR count). The minimum absolute atomic E-state index is 0.0198. The Morgan fingerprint density at radius 3 is 2.65 bits per heavy atom. The molecule has 1 saturated carbocycles. The molecule has 0 radical (unpaired) electrons. The average Bonchev–Trinajstić information content (AvgIpc) is 3.55. The number of carbonyl (C=O) groups is 4. The average molecular weight is 487 g/mol. The molecule has 5 heterocycles. The highest BCUT2D eigenvalue weighted by atomic mass is 32.1. The maximum absolute atomic E-state index is 13.6. The molecule has 0 unspecified atom stereocenters. The van der Waals surface area contributed by atoms with Crippen molar-refractivity contribution in [2.24, 2.45) is 11.8 Å². The molecule has 2 aromatic rings. The Morgan fingerprint density at radius 1 is 1.24 bits per heavy atom. The number of thiophene rings is 1. The van der Waals surface area contributed by atoms with Gasteiger partial charge in [-0.2, -0.15) is 0 Å². The number of amides is 3. The Morgan fingerprint density at radius 2 is 2.00 bits per heavy atom. The van der Waals surface area contributed by atoms with E-state index in [9.17, 15) is 24.3 Å². The van der Waals surface area contributed by atoms with Crippen molar-refractivity contribution in [3.8, 4) is 0 Å². The third kappa shape index (κ3) is 4.02. The number of nitrogens with one attached hydrogen (secondary N) is 3. The van der Waals surface area contributed by atoms with Crippen LogP contribution in [0.2, 0.25) is 0 Å². The van der Waals surface area contributed by atoms with Crippen molar-refractivity contribution in [2.45, 2.75) is 63.6 Å². The number of aliphatic hydroxyl groups is 1. The second-order valence-corrected chi connectivity index (χ2v) is 10.7. The number of nitrogens with zero attached hydrogens (tertiary/aromatic N) is 1. The van der Waals surface area contributed by atoms with Gasteiger partial charge in [0, 0.05) is 18.5 Å². The van der Waals surface area contributed by atoms with E-state index in [-0.39, 0.29) is 42.0 Å². The van der Waals surface area contributed by atoms with E-state index < -0.39 is 24.5 Å². The van der Waals surface area contributed by atoms with Gasteiger partial charge in [-0.3, -0.25) is 19.2 Å². The van der Waals surface area contributed by atoms with Crippen LogP contribution in [0.25, 0.3) is 10.2 Å². The summed E-state index contributed by atoms with van der Waals surface area (Å²) < 4.78 is 1.01. The summed E-state index contributed by atoms with van der Waals surface area (Å²) in [5.41, 5.74) is 2.50. The molecule has 3 aliphatic heterocycles. The lowest BCUT2D eigenvalue weighted by Gasteiger charge is -2.50. The van der Waals surface area contributed by atoms with E-state index in [2.05, 4.69) is 15.6 Å². The summed E-state index contributed by atoms with van der Waals surface area (Å²) in [5, 5.41) is 17.1. The molecule has 3 saturated heterocycles. The van der Waals surface area contributed by atoms with Gasteiger partial charge < -0.3 is 25.6 Å². The Hall–Kier alpha value is -2.72. The zero-order valence-corrected chi connectivity index (χ0v) is 20.0. The standard InChI is InChI=1S/C24H30N4O5S/c1-12-11-34-19-9-17(26-20(12)19)24(33)28-15-4-2-13(3-5-15)21(28)23(32)27-16(18(30)10-29)8-14-6-7-25-22(14)31/h9,11,13-16,21,26,29H,2-8,10H2,1H3,(H,25,31)(H,27,32)/t13?,14-,15?,16-,21+/m1/s1. The van der Waals surface area contributed by atoms with E-state index in [1.807, 2.05) is 18.4 Å². The van der Waals surface area contributed by atoms with Crippen LogP contribution in [0.3, 0.4) is 0 Å². The summed E-state index contributed by atoms with van der Waals surface area (Å²) in [7, 11) is 0. The number of aromatic amines is 1. The second kappa shape index (κ2) is 9.14. The first-order chi connectivity index (χ1) is 16.4. The predicted molar refractivity (Wildman–Crippen MR) is 126 cm³/mol. The Bertz CT molecular complexity index is 1130. The van der Waals surface area contributed by atoms with Gasteiger partial charge in [0.2, 0.25) is 11.8 Å². The second-order valence-electron chi connectivity index (χ2n) is 9.76. The summed E-state index contributed by atoms with van der Waals surface area (Å²) in [6.07, 6.45) is 4.17. The minimum atomic E-state index is -0.956. The number of aromatic nitrogens is 1. The third-order valence-electron chi connectivity index (χ3n) is 7.70. The predicted octanol–water partition coefficient (Wildman–Crippen LogP) is 1.49. The van der Waals surface area contributed by atoms with Crippen LogP contribution < -0.4 is 10.6 Å². The van der Waals surface area contributed by atoms with Crippen molar-refractivity contribution in [1.82, 2.24) is 20.5 Å². The van der Waals surface area contributed by atoms with Crippen molar-refractivity contribution in [2.75, 3.05) is 13.2 Å². The normalized spacial score (nSPS) is 27.1. The number of piperidine rings is 2. The van der Waals surface area contributed by atoms with E-state index in [1.54, 1.807) is 16.2 Å². The zero-order valence-electron chi connectivity index (χ0n) is 19.1. The van der Waals surface area contributed by atoms with Gasteiger partial charge in [-0.15, -0.1) is 11.3 Å². The number of ketones is 1. The molecular weight excluding hydrogens is 456 g/mol. The molecule has 34 heavy (non-hydrogen) atoms. The molecule has 0 spiro atoms. The summed E-state index contributed by atoms with van der Waals surface area (Å²) in [6.45, 7) is 1.82. The highest BCUT2D eigenvalue weighted by Crippen LogP contribution is 2.41. The van der Waals surface area contributed by atoms with Gasteiger partial charge >= 0.3 is 0 Å². The van der Waals surface area contributed by atoms with E-state index >= 15 is 0 Å². The Labute approximate surface area is 201 Å². The lowest BCUT2D eigenvalue weighted by molar-refractivity contribution is -0.137. The van der Waals surface area contributed by atoms with E-state index in [0.717, 1.165) is 41.5 Å². The number of aryl methyl sites for hydroxylation is 1. The smallest absolute Gasteiger partial charge is 0.271 e. The van der Waals surface area contributed by atoms with Crippen LogP contribution in [-0.4, -0.2) is 69.8 Å². The quantitative estimate of drug-likeness (QED) is 0.471. The largest absolute Gasteiger partial charge is 0.389 e. The molecule has 182 valence electrons.